The van der Waals surface area contributed by atoms with Crippen LogP contribution in [0.15, 0.2) is 48.8 Å². The Labute approximate surface area is 147 Å². The predicted octanol–water partition coefficient (Wildman–Crippen LogP) is 3.62. The lowest BCUT2D eigenvalue weighted by molar-refractivity contribution is 0.247. The molecule has 0 spiro atoms. The highest BCUT2D eigenvalue weighted by atomic mass is 35.5. The van der Waals surface area contributed by atoms with E-state index in [1.165, 1.54) is 11.3 Å². The maximum absolute atomic E-state index is 6.10. The molecule has 4 rings (SSSR count). The van der Waals surface area contributed by atoms with Crippen LogP contribution in [0.25, 0.3) is 5.65 Å². The van der Waals surface area contributed by atoms with Gasteiger partial charge in [-0.3, -0.25) is 4.90 Å². The third kappa shape index (κ3) is 3.12. The summed E-state index contributed by atoms with van der Waals surface area (Å²) in [6.45, 7) is 7.14. The second-order valence-electron chi connectivity index (χ2n) is 6.40. The topological polar surface area (TPSA) is 23.8 Å². The van der Waals surface area contributed by atoms with Gasteiger partial charge in [0, 0.05) is 55.8 Å². The van der Waals surface area contributed by atoms with E-state index in [0.717, 1.165) is 49.1 Å². The van der Waals surface area contributed by atoms with E-state index in [2.05, 4.69) is 51.7 Å². The van der Waals surface area contributed by atoms with Gasteiger partial charge in [0.05, 0.1) is 5.69 Å². The number of rotatable bonds is 3. The molecular weight excluding hydrogens is 320 g/mol. The fourth-order valence-corrected chi connectivity index (χ4v) is 3.53. The normalized spacial score (nSPS) is 16.0. The minimum absolute atomic E-state index is 0.801. The summed E-state index contributed by atoms with van der Waals surface area (Å²) in [5, 5.41) is 0.801. The quantitative estimate of drug-likeness (QED) is 0.727. The van der Waals surface area contributed by atoms with E-state index < -0.39 is 0 Å². The Balaban J connectivity index is 1.41. The molecule has 124 valence electrons. The molecule has 1 saturated heterocycles. The van der Waals surface area contributed by atoms with Gasteiger partial charge in [-0.15, -0.1) is 0 Å². The van der Waals surface area contributed by atoms with Crippen LogP contribution in [0.4, 0.5) is 5.69 Å². The molecule has 0 radical (unpaired) electrons. The van der Waals surface area contributed by atoms with Crippen molar-refractivity contribution in [1.29, 1.82) is 0 Å². The van der Waals surface area contributed by atoms with Crippen LogP contribution in [0.3, 0.4) is 0 Å². The van der Waals surface area contributed by atoms with Crippen LogP contribution < -0.4 is 4.90 Å². The molecule has 0 saturated carbocycles. The average Bonchev–Trinajstić information content (AvgIpc) is 2.99. The van der Waals surface area contributed by atoms with Crippen LogP contribution in [-0.4, -0.2) is 40.5 Å². The number of fused-ring (bicyclic) bond motifs is 1. The summed E-state index contributed by atoms with van der Waals surface area (Å²) in [5.41, 5.74) is 4.63. The average molecular weight is 341 g/mol. The monoisotopic (exact) mass is 340 g/mol. The van der Waals surface area contributed by atoms with Gasteiger partial charge in [0.1, 0.15) is 5.65 Å². The molecule has 0 unspecified atom stereocenters. The summed E-state index contributed by atoms with van der Waals surface area (Å²) in [7, 11) is 0. The molecular formula is C19H21ClN4. The van der Waals surface area contributed by atoms with Gasteiger partial charge in [0.2, 0.25) is 0 Å². The summed E-state index contributed by atoms with van der Waals surface area (Å²) < 4.78 is 2.12. The van der Waals surface area contributed by atoms with Crippen molar-refractivity contribution in [2.75, 3.05) is 31.1 Å². The lowest BCUT2D eigenvalue weighted by Gasteiger charge is -2.35. The number of halogens is 1. The second-order valence-corrected chi connectivity index (χ2v) is 6.83. The van der Waals surface area contributed by atoms with Crippen molar-refractivity contribution >= 4 is 22.9 Å². The van der Waals surface area contributed by atoms with Crippen LogP contribution in [0.2, 0.25) is 5.02 Å². The summed E-state index contributed by atoms with van der Waals surface area (Å²) in [6, 6.07) is 12.3. The van der Waals surface area contributed by atoms with Crippen LogP contribution in [0, 0.1) is 6.92 Å². The zero-order valence-electron chi connectivity index (χ0n) is 13.8. The number of benzene rings is 1. The summed E-state index contributed by atoms with van der Waals surface area (Å²) in [4.78, 5) is 9.65. The van der Waals surface area contributed by atoms with Crippen molar-refractivity contribution in [2.24, 2.45) is 0 Å². The van der Waals surface area contributed by atoms with E-state index in [9.17, 15) is 0 Å². The van der Waals surface area contributed by atoms with Crippen molar-refractivity contribution in [2.45, 2.75) is 13.5 Å². The van der Waals surface area contributed by atoms with Crippen LogP contribution in [-0.2, 0) is 6.54 Å². The van der Waals surface area contributed by atoms with Gasteiger partial charge in [-0.1, -0.05) is 23.7 Å². The molecule has 24 heavy (non-hydrogen) atoms. The Morgan fingerprint density at radius 2 is 1.92 bits per heavy atom. The lowest BCUT2D eigenvalue weighted by atomic mass is 10.2. The minimum Gasteiger partial charge on any atom is -0.369 e. The Morgan fingerprint density at radius 1 is 1.08 bits per heavy atom. The van der Waals surface area contributed by atoms with E-state index in [1.54, 1.807) is 0 Å². The third-order valence-electron chi connectivity index (χ3n) is 4.66. The van der Waals surface area contributed by atoms with E-state index in [1.807, 2.05) is 18.2 Å². The first-order chi connectivity index (χ1) is 11.7. The Kier molecular flexibility index (Phi) is 4.17. The Morgan fingerprint density at radius 3 is 2.67 bits per heavy atom. The fraction of sp³-hybridized carbons (Fsp3) is 0.316. The van der Waals surface area contributed by atoms with Gasteiger partial charge < -0.3 is 9.30 Å². The molecule has 0 atom stereocenters. The molecule has 0 amide bonds. The minimum atomic E-state index is 0.801. The molecule has 1 aromatic carbocycles. The molecule has 0 bridgehead atoms. The maximum atomic E-state index is 6.10. The molecule has 0 N–H and O–H groups in total. The molecule has 5 heteroatoms. The summed E-state index contributed by atoms with van der Waals surface area (Å²) in [6.07, 6.45) is 4.21. The van der Waals surface area contributed by atoms with E-state index in [-0.39, 0.29) is 0 Å². The molecule has 1 aliphatic heterocycles. The fourth-order valence-electron chi connectivity index (χ4n) is 3.35. The molecule has 4 nitrogen and oxygen atoms in total. The summed E-state index contributed by atoms with van der Waals surface area (Å²) >= 11 is 6.10. The predicted molar refractivity (Wildman–Crippen MR) is 98.9 cm³/mol. The van der Waals surface area contributed by atoms with Gasteiger partial charge in [-0.05, 0) is 36.8 Å². The number of hydrogen-bond acceptors (Lipinski definition) is 3. The Hall–Kier alpha value is -2.04. The van der Waals surface area contributed by atoms with E-state index >= 15 is 0 Å². The van der Waals surface area contributed by atoms with Gasteiger partial charge >= 0.3 is 0 Å². The van der Waals surface area contributed by atoms with Gasteiger partial charge in [-0.2, -0.15) is 0 Å². The first-order valence-corrected chi connectivity index (χ1v) is 8.73. The number of pyridine rings is 1. The number of aromatic nitrogens is 2. The van der Waals surface area contributed by atoms with Crippen molar-refractivity contribution in [3.63, 3.8) is 0 Å². The van der Waals surface area contributed by atoms with Crippen molar-refractivity contribution in [3.8, 4) is 0 Å². The highest BCUT2D eigenvalue weighted by Crippen LogP contribution is 2.21. The third-order valence-corrected chi connectivity index (χ3v) is 4.89. The number of aryl methyl sites for hydroxylation is 1. The lowest BCUT2D eigenvalue weighted by Crippen LogP contribution is -2.46. The molecule has 3 aromatic rings. The maximum Gasteiger partial charge on any atom is 0.139 e. The molecule has 1 aliphatic rings. The van der Waals surface area contributed by atoms with Crippen LogP contribution in [0.1, 0.15) is 11.3 Å². The molecule has 3 heterocycles. The number of anilines is 1. The highest BCUT2D eigenvalue weighted by Gasteiger charge is 2.18. The first kappa shape index (κ1) is 15.5. The SMILES string of the molecule is Cc1cccn2cc(CN3CCN(c4cccc(Cl)c4)CC3)nc12. The molecule has 2 aromatic heterocycles. The summed E-state index contributed by atoms with van der Waals surface area (Å²) in [5.74, 6) is 0. The second kappa shape index (κ2) is 6.46. The largest absolute Gasteiger partial charge is 0.369 e. The van der Waals surface area contributed by atoms with Gasteiger partial charge in [-0.25, -0.2) is 4.98 Å². The highest BCUT2D eigenvalue weighted by molar-refractivity contribution is 6.30. The zero-order valence-corrected chi connectivity index (χ0v) is 14.6. The van der Waals surface area contributed by atoms with Crippen LogP contribution >= 0.6 is 11.6 Å². The Bertz CT molecular complexity index is 849. The molecule has 1 fully saturated rings. The van der Waals surface area contributed by atoms with E-state index in [0.29, 0.717) is 0 Å². The smallest absolute Gasteiger partial charge is 0.139 e. The first-order valence-electron chi connectivity index (χ1n) is 8.35. The van der Waals surface area contributed by atoms with Gasteiger partial charge in [0.25, 0.3) is 0 Å². The van der Waals surface area contributed by atoms with Crippen LogP contribution in [0.5, 0.6) is 0 Å². The van der Waals surface area contributed by atoms with Crippen molar-refractivity contribution < 1.29 is 0 Å². The van der Waals surface area contributed by atoms with Gasteiger partial charge in [0.15, 0.2) is 0 Å². The number of imidazole rings is 1. The van der Waals surface area contributed by atoms with E-state index in [4.69, 9.17) is 16.6 Å². The van der Waals surface area contributed by atoms with Crippen molar-refractivity contribution in [3.05, 3.63) is 65.1 Å². The van der Waals surface area contributed by atoms with Crippen molar-refractivity contribution in [1.82, 2.24) is 14.3 Å². The standard InChI is InChI=1S/C19H21ClN4/c1-15-4-3-7-24-14-17(21-19(15)24)13-22-8-10-23(11-9-22)18-6-2-5-16(20)12-18/h2-7,12,14H,8-11,13H2,1H3. The number of hydrogen-bond donors (Lipinski definition) is 0. The molecule has 0 aliphatic carbocycles. The number of nitrogens with zero attached hydrogens (tertiary/aromatic N) is 4. The zero-order chi connectivity index (χ0) is 16.5. The number of piperazine rings is 1.